The molecule has 1 fully saturated rings. The first kappa shape index (κ1) is 12.4. The maximum atomic E-state index is 11.9. The van der Waals surface area contributed by atoms with E-state index in [0.717, 1.165) is 6.42 Å². The standard InChI is InChI=1S/C11H20O3Si/c1-6-8-9(12)7-11(8,2)10(13)14-15(3,4)5/h8H,6-7H2,1-5H3. The highest BCUT2D eigenvalue weighted by Gasteiger charge is 2.55. The predicted molar refractivity (Wildman–Crippen MR) is 61.0 cm³/mol. The zero-order valence-corrected chi connectivity index (χ0v) is 11.2. The van der Waals surface area contributed by atoms with Crippen LogP contribution in [0.5, 0.6) is 0 Å². The molecule has 1 aliphatic carbocycles. The van der Waals surface area contributed by atoms with Gasteiger partial charge in [-0.1, -0.05) is 6.92 Å². The van der Waals surface area contributed by atoms with Gasteiger partial charge in [-0.3, -0.25) is 9.59 Å². The maximum Gasteiger partial charge on any atom is 0.299 e. The van der Waals surface area contributed by atoms with Crippen LogP contribution in [0.25, 0.3) is 0 Å². The molecule has 0 N–H and O–H groups in total. The van der Waals surface area contributed by atoms with Crippen LogP contribution in [0.3, 0.4) is 0 Å². The van der Waals surface area contributed by atoms with Crippen molar-refractivity contribution in [2.75, 3.05) is 0 Å². The zero-order chi connectivity index (χ0) is 11.9. The molecule has 2 unspecified atom stereocenters. The second-order valence-electron chi connectivity index (χ2n) is 5.52. The van der Waals surface area contributed by atoms with Crippen molar-refractivity contribution in [3.63, 3.8) is 0 Å². The van der Waals surface area contributed by atoms with Gasteiger partial charge in [-0.2, -0.15) is 0 Å². The molecule has 86 valence electrons. The highest BCUT2D eigenvalue weighted by molar-refractivity contribution is 6.71. The van der Waals surface area contributed by atoms with Gasteiger partial charge in [0, 0.05) is 12.3 Å². The highest BCUT2D eigenvalue weighted by atomic mass is 28.4. The molecule has 0 bridgehead atoms. The van der Waals surface area contributed by atoms with Crippen molar-refractivity contribution in [3.8, 4) is 0 Å². The fourth-order valence-electron chi connectivity index (χ4n) is 2.12. The molecule has 0 aliphatic heterocycles. The van der Waals surface area contributed by atoms with Crippen molar-refractivity contribution in [1.82, 2.24) is 0 Å². The Bertz CT molecular complexity index is 293. The first-order valence-corrected chi connectivity index (χ1v) is 8.87. The number of hydrogen-bond donors (Lipinski definition) is 0. The van der Waals surface area contributed by atoms with Crippen molar-refractivity contribution in [3.05, 3.63) is 0 Å². The number of rotatable bonds is 3. The molecule has 1 rings (SSSR count). The molecule has 3 nitrogen and oxygen atoms in total. The zero-order valence-electron chi connectivity index (χ0n) is 10.2. The number of hydrogen-bond acceptors (Lipinski definition) is 3. The van der Waals surface area contributed by atoms with E-state index in [1.165, 1.54) is 0 Å². The summed E-state index contributed by atoms with van der Waals surface area (Å²) in [5.41, 5.74) is -0.549. The van der Waals surface area contributed by atoms with E-state index in [9.17, 15) is 9.59 Å². The third kappa shape index (κ3) is 2.30. The number of ketones is 1. The van der Waals surface area contributed by atoms with Gasteiger partial charge in [0.1, 0.15) is 5.78 Å². The van der Waals surface area contributed by atoms with Crippen molar-refractivity contribution >= 4 is 20.1 Å². The van der Waals surface area contributed by atoms with Crippen LogP contribution in [-0.4, -0.2) is 20.1 Å². The van der Waals surface area contributed by atoms with Crippen molar-refractivity contribution in [1.29, 1.82) is 0 Å². The molecular weight excluding hydrogens is 208 g/mol. The molecule has 2 atom stereocenters. The van der Waals surface area contributed by atoms with Crippen LogP contribution in [-0.2, 0) is 14.0 Å². The molecule has 15 heavy (non-hydrogen) atoms. The lowest BCUT2D eigenvalue weighted by Crippen LogP contribution is -2.54. The van der Waals surface area contributed by atoms with Gasteiger partial charge < -0.3 is 4.43 Å². The van der Waals surface area contributed by atoms with E-state index in [1.54, 1.807) is 0 Å². The summed E-state index contributed by atoms with van der Waals surface area (Å²) in [6, 6.07) is 0. The second kappa shape index (κ2) is 3.74. The third-order valence-corrected chi connectivity index (χ3v) is 3.77. The van der Waals surface area contributed by atoms with E-state index in [-0.39, 0.29) is 17.7 Å². The predicted octanol–water partition coefficient (Wildman–Crippen LogP) is 2.37. The first-order chi connectivity index (χ1) is 6.70. The Morgan fingerprint density at radius 3 is 2.40 bits per heavy atom. The molecule has 4 heteroatoms. The third-order valence-electron chi connectivity index (χ3n) is 2.97. The van der Waals surface area contributed by atoms with Crippen LogP contribution < -0.4 is 0 Å². The molecule has 0 radical (unpaired) electrons. The summed E-state index contributed by atoms with van der Waals surface area (Å²) in [5.74, 6) is -0.0954. The van der Waals surface area contributed by atoms with Gasteiger partial charge >= 0.3 is 0 Å². The van der Waals surface area contributed by atoms with E-state index in [1.807, 2.05) is 33.5 Å². The average Bonchev–Trinajstić information content (AvgIpc) is 2.00. The monoisotopic (exact) mass is 228 g/mol. The summed E-state index contributed by atoms with van der Waals surface area (Å²) in [7, 11) is -1.84. The van der Waals surface area contributed by atoms with Gasteiger partial charge in [-0.15, -0.1) is 0 Å². The Hall–Kier alpha value is -0.643. The fraction of sp³-hybridized carbons (Fsp3) is 0.818. The molecule has 0 aromatic carbocycles. The Kier molecular flexibility index (Phi) is 3.10. The lowest BCUT2D eigenvalue weighted by molar-refractivity contribution is -0.165. The minimum atomic E-state index is -1.84. The lowest BCUT2D eigenvalue weighted by atomic mass is 9.59. The Balaban J connectivity index is 2.72. The van der Waals surface area contributed by atoms with Gasteiger partial charge in [0.05, 0.1) is 5.41 Å². The van der Waals surface area contributed by atoms with Crippen molar-refractivity contribution < 1.29 is 14.0 Å². The summed E-state index contributed by atoms with van der Waals surface area (Å²) in [5, 5.41) is 0. The molecular formula is C11H20O3Si. The highest BCUT2D eigenvalue weighted by Crippen LogP contribution is 2.46. The van der Waals surface area contributed by atoms with Gasteiger partial charge in [-0.05, 0) is 33.0 Å². The molecule has 1 aliphatic rings. The molecule has 0 spiro atoms. The smallest absolute Gasteiger partial charge is 0.299 e. The molecule has 0 saturated heterocycles. The van der Waals surface area contributed by atoms with Crippen LogP contribution in [0.4, 0.5) is 0 Å². The number of Topliss-reactive ketones (excluding diaryl/α,β-unsaturated/α-hetero) is 1. The minimum Gasteiger partial charge on any atom is -0.519 e. The minimum absolute atomic E-state index is 0.124. The summed E-state index contributed by atoms with van der Waals surface area (Å²) in [4.78, 5) is 23.3. The van der Waals surface area contributed by atoms with Crippen LogP contribution in [0, 0.1) is 11.3 Å². The van der Waals surface area contributed by atoms with E-state index in [0.29, 0.717) is 6.42 Å². The van der Waals surface area contributed by atoms with Crippen molar-refractivity contribution in [2.45, 2.75) is 46.3 Å². The van der Waals surface area contributed by atoms with Gasteiger partial charge in [-0.25, -0.2) is 0 Å². The number of carbonyl (C=O) groups excluding carboxylic acids is 2. The summed E-state index contributed by atoms with van der Waals surface area (Å²) in [6.45, 7) is 9.74. The van der Waals surface area contributed by atoms with Crippen LogP contribution in [0.15, 0.2) is 0 Å². The Morgan fingerprint density at radius 2 is 2.07 bits per heavy atom. The van der Waals surface area contributed by atoms with Gasteiger partial charge in [0.15, 0.2) is 0 Å². The molecule has 0 amide bonds. The topological polar surface area (TPSA) is 43.4 Å². The molecule has 0 aromatic heterocycles. The van der Waals surface area contributed by atoms with Crippen LogP contribution in [0.1, 0.15) is 26.7 Å². The Morgan fingerprint density at radius 1 is 1.53 bits per heavy atom. The van der Waals surface area contributed by atoms with Crippen LogP contribution in [0.2, 0.25) is 19.6 Å². The van der Waals surface area contributed by atoms with E-state index in [4.69, 9.17) is 4.43 Å². The Labute approximate surface area is 92.3 Å². The normalized spacial score (nSPS) is 31.0. The summed E-state index contributed by atoms with van der Waals surface area (Å²) < 4.78 is 5.47. The first-order valence-electron chi connectivity index (χ1n) is 5.47. The summed E-state index contributed by atoms with van der Waals surface area (Å²) >= 11 is 0. The quantitative estimate of drug-likeness (QED) is 0.697. The molecule has 1 saturated carbocycles. The van der Waals surface area contributed by atoms with Crippen LogP contribution >= 0.6 is 0 Å². The van der Waals surface area contributed by atoms with E-state index < -0.39 is 13.7 Å². The largest absolute Gasteiger partial charge is 0.519 e. The average molecular weight is 228 g/mol. The SMILES string of the molecule is CCC1C(=O)CC1(C)C(=O)O[Si](C)(C)C. The lowest BCUT2D eigenvalue weighted by Gasteiger charge is -2.44. The number of carbonyl (C=O) groups is 2. The van der Waals surface area contributed by atoms with E-state index in [2.05, 4.69) is 0 Å². The molecule has 0 aromatic rings. The second-order valence-corrected chi connectivity index (χ2v) is 9.95. The van der Waals surface area contributed by atoms with Gasteiger partial charge in [0.25, 0.3) is 5.97 Å². The fourth-order valence-corrected chi connectivity index (χ4v) is 2.91. The van der Waals surface area contributed by atoms with Crippen molar-refractivity contribution in [2.24, 2.45) is 11.3 Å². The molecule has 0 heterocycles. The van der Waals surface area contributed by atoms with E-state index >= 15 is 0 Å². The van der Waals surface area contributed by atoms with Gasteiger partial charge in [0.2, 0.25) is 8.32 Å². The summed E-state index contributed by atoms with van der Waals surface area (Å²) in [6.07, 6.45) is 1.09. The maximum absolute atomic E-state index is 11.9.